The minimum Gasteiger partial charge on any atom is -0.466 e. The minimum atomic E-state index is -0.487. The summed E-state index contributed by atoms with van der Waals surface area (Å²) < 4.78 is 14.4. The van der Waals surface area contributed by atoms with E-state index in [4.69, 9.17) is 9.15 Å². The Morgan fingerprint density at radius 1 is 1.38 bits per heavy atom. The highest BCUT2D eigenvalue weighted by Crippen LogP contribution is 2.26. The zero-order valence-corrected chi connectivity index (χ0v) is 13.1. The molecule has 2 heterocycles. The average molecular weight is 308 g/mol. The summed E-state index contributed by atoms with van der Waals surface area (Å²) in [6.07, 6.45) is 0. The molecule has 1 amide bonds. The first-order valence-electron chi connectivity index (χ1n) is 6.45. The quantitative estimate of drug-likeness (QED) is 0.878. The predicted molar refractivity (Wildman–Crippen MR) is 78.9 cm³/mol. The number of furan rings is 1. The highest BCUT2D eigenvalue weighted by atomic mass is 32.1. The number of ether oxygens (including phenoxy) is 1. The molecule has 2 aromatic heterocycles. The maximum atomic E-state index is 12.2. The molecule has 0 aliphatic heterocycles. The monoisotopic (exact) mass is 308 g/mol. The molecule has 0 saturated carbocycles. The Hall–Kier alpha value is -2.15. The maximum Gasteiger partial charge on any atom is 0.343 e. The number of nitrogens with one attached hydrogen (secondary N) is 1. The highest BCUT2D eigenvalue weighted by Gasteiger charge is 2.22. The van der Waals surface area contributed by atoms with Crippen molar-refractivity contribution in [2.45, 2.75) is 27.7 Å². The van der Waals surface area contributed by atoms with Crippen LogP contribution >= 0.6 is 11.5 Å². The zero-order valence-electron chi connectivity index (χ0n) is 12.3. The summed E-state index contributed by atoms with van der Waals surface area (Å²) in [7, 11) is 0. The van der Waals surface area contributed by atoms with Crippen LogP contribution in [0.15, 0.2) is 10.5 Å². The molecule has 21 heavy (non-hydrogen) atoms. The molecule has 6 nitrogen and oxygen atoms in total. The third-order valence-corrected chi connectivity index (χ3v) is 3.71. The summed E-state index contributed by atoms with van der Waals surface area (Å²) in [6.45, 7) is 7.17. The molecule has 0 radical (unpaired) electrons. The number of anilines is 1. The SMILES string of the molecule is CCOC(=O)c1c(C)nsc1NC(=O)c1cc(C)oc1C. The molecule has 2 aromatic rings. The lowest BCUT2D eigenvalue weighted by Gasteiger charge is -2.05. The first-order chi connectivity index (χ1) is 9.93. The molecule has 0 aromatic carbocycles. The Kier molecular flexibility index (Phi) is 4.42. The van der Waals surface area contributed by atoms with Crippen LogP contribution in [0.25, 0.3) is 0 Å². The third-order valence-electron chi connectivity index (χ3n) is 2.85. The molecule has 0 aliphatic rings. The molecular formula is C14H16N2O4S. The molecule has 0 saturated heterocycles. The van der Waals surface area contributed by atoms with E-state index >= 15 is 0 Å². The van der Waals surface area contributed by atoms with Crippen LogP contribution in [-0.2, 0) is 4.74 Å². The van der Waals surface area contributed by atoms with Crippen LogP contribution in [0.4, 0.5) is 5.00 Å². The summed E-state index contributed by atoms with van der Waals surface area (Å²) in [5.74, 6) is 0.366. The van der Waals surface area contributed by atoms with Crippen LogP contribution in [-0.4, -0.2) is 22.9 Å². The Labute approximate surface area is 126 Å². The van der Waals surface area contributed by atoms with E-state index in [1.165, 1.54) is 0 Å². The van der Waals surface area contributed by atoms with Crippen molar-refractivity contribution in [3.05, 3.63) is 34.4 Å². The summed E-state index contributed by atoms with van der Waals surface area (Å²) in [5, 5.41) is 3.08. The van der Waals surface area contributed by atoms with Gasteiger partial charge in [0.05, 0.1) is 17.9 Å². The molecular weight excluding hydrogens is 292 g/mol. The molecule has 7 heteroatoms. The van der Waals surface area contributed by atoms with Crippen LogP contribution in [0.1, 0.15) is 44.9 Å². The van der Waals surface area contributed by atoms with E-state index in [-0.39, 0.29) is 12.5 Å². The van der Waals surface area contributed by atoms with Gasteiger partial charge in [0.15, 0.2) is 0 Å². The largest absolute Gasteiger partial charge is 0.466 e. The second-order valence-corrected chi connectivity index (χ2v) is 5.25. The number of carbonyl (C=O) groups excluding carboxylic acids is 2. The molecule has 0 fully saturated rings. The number of aryl methyl sites for hydroxylation is 3. The maximum absolute atomic E-state index is 12.2. The number of hydrogen-bond donors (Lipinski definition) is 1. The number of aromatic nitrogens is 1. The van der Waals surface area contributed by atoms with Gasteiger partial charge in [-0.15, -0.1) is 0 Å². The van der Waals surface area contributed by atoms with Gasteiger partial charge in [0.1, 0.15) is 22.1 Å². The van der Waals surface area contributed by atoms with Crippen LogP contribution < -0.4 is 5.32 Å². The van der Waals surface area contributed by atoms with E-state index in [0.29, 0.717) is 33.3 Å². The molecule has 0 unspecified atom stereocenters. The number of hydrogen-bond acceptors (Lipinski definition) is 6. The van der Waals surface area contributed by atoms with Crippen molar-refractivity contribution in [2.24, 2.45) is 0 Å². The van der Waals surface area contributed by atoms with Gasteiger partial charge in [-0.2, -0.15) is 4.37 Å². The lowest BCUT2D eigenvalue weighted by atomic mass is 10.2. The fourth-order valence-corrected chi connectivity index (χ4v) is 2.71. The average Bonchev–Trinajstić information content (AvgIpc) is 2.92. The van der Waals surface area contributed by atoms with Crippen molar-refractivity contribution in [2.75, 3.05) is 11.9 Å². The van der Waals surface area contributed by atoms with Gasteiger partial charge in [-0.05, 0) is 45.3 Å². The second kappa shape index (κ2) is 6.09. The highest BCUT2D eigenvalue weighted by molar-refractivity contribution is 7.11. The van der Waals surface area contributed by atoms with Gasteiger partial charge < -0.3 is 14.5 Å². The van der Waals surface area contributed by atoms with Crippen molar-refractivity contribution >= 4 is 28.4 Å². The van der Waals surface area contributed by atoms with E-state index in [2.05, 4.69) is 9.69 Å². The fourth-order valence-electron chi connectivity index (χ4n) is 1.93. The standard InChI is InChI=1S/C14H16N2O4S/c1-5-19-14(18)11-8(3)16-21-13(11)15-12(17)10-6-7(2)20-9(10)4/h6H,5H2,1-4H3,(H,15,17). The van der Waals surface area contributed by atoms with E-state index in [1.807, 2.05) is 0 Å². The zero-order chi connectivity index (χ0) is 15.6. The van der Waals surface area contributed by atoms with Gasteiger partial charge >= 0.3 is 5.97 Å². The van der Waals surface area contributed by atoms with Crippen molar-refractivity contribution in [3.8, 4) is 0 Å². The molecule has 0 aliphatic carbocycles. The van der Waals surface area contributed by atoms with Gasteiger partial charge in [0.2, 0.25) is 0 Å². The molecule has 1 N–H and O–H groups in total. The van der Waals surface area contributed by atoms with Crippen molar-refractivity contribution in [1.29, 1.82) is 0 Å². The van der Waals surface area contributed by atoms with Crippen molar-refractivity contribution in [3.63, 3.8) is 0 Å². The second-order valence-electron chi connectivity index (χ2n) is 4.47. The van der Waals surface area contributed by atoms with Crippen molar-refractivity contribution < 1.29 is 18.7 Å². The summed E-state index contributed by atoms with van der Waals surface area (Å²) in [6, 6.07) is 1.66. The summed E-state index contributed by atoms with van der Waals surface area (Å²) in [5.41, 5.74) is 1.27. The van der Waals surface area contributed by atoms with Crippen molar-refractivity contribution in [1.82, 2.24) is 4.37 Å². The van der Waals surface area contributed by atoms with E-state index in [1.54, 1.807) is 33.8 Å². The molecule has 0 bridgehead atoms. The number of amides is 1. The van der Waals surface area contributed by atoms with Crippen LogP contribution in [0.2, 0.25) is 0 Å². The van der Waals surface area contributed by atoms with Gasteiger partial charge in [-0.25, -0.2) is 4.79 Å². The van der Waals surface area contributed by atoms with Gasteiger partial charge in [0.25, 0.3) is 5.91 Å². The Morgan fingerprint density at radius 2 is 2.10 bits per heavy atom. The Morgan fingerprint density at radius 3 is 2.67 bits per heavy atom. The molecule has 0 atom stereocenters. The van der Waals surface area contributed by atoms with Crippen LogP contribution in [0.5, 0.6) is 0 Å². The first kappa shape index (κ1) is 15.2. The van der Waals surface area contributed by atoms with Crippen LogP contribution in [0, 0.1) is 20.8 Å². The number of rotatable bonds is 4. The fraction of sp³-hybridized carbons (Fsp3) is 0.357. The summed E-state index contributed by atoms with van der Waals surface area (Å²) >= 11 is 1.05. The number of esters is 1. The predicted octanol–water partition coefficient (Wildman–Crippen LogP) is 3.09. The number of nitrogens with zero attached hydrogens (tertiary/aromatic N) is 1. The van der Waals surface area contributed by atoms with E-state index in [0.717, 1.165) is 11.5 Å². The third kappa shape index (κ3) is 3.13. The molecule has 0 spiro atoms. The van der Waals surface area contributed by atoms with E-state index in [9.17, 15) is 9.59 Å². The normalized spacial score (nSPS) is 10.5. The lowest BCUT2D eigenvalue weighted by Crippen LogP contribution is -2.15. The summed E-state index contributed by atoms with van der Waals surface area (Å²) in [4.78, 5) is 24.2. The molecule has 2 rings (SSSR count). The Bertz CT molecular complexity index is 687. The van der Waals surface area contributed by atoms with Gasteiger partial charge in [-0.3, -0.25) is 4.79 Å². The minimum absolute atomic E-state index is 0.265. The first-order valence-corrected chi connectivity index (χ1v) is 7.23. The topological polar surface area (TPSA) is 81.4 Å². The van der Waals surface area contributed by atoms with Gasteiger partial charge in [0, 0.05) is 0 Å². The van der Waals surface area contributed by atoms with Crippen LogP contribution in [0.3, 0.4) is 0 Å². The van der Waals surface area contributed by atoms with E-state index < -0.39 is 5.97 Å². The van der Waals surface area contributed by atoms with Gasteiger partial charge in [-0.1, -0.05) is 0 Å². The Balaban J connectivity index is 2.26. The number of carbonyl (C=O) groups is 2. The molecule has 112 valence electrons. The lowest BCUT2D eigenvalue weighted by molar-refractivity contribution is 0.0527. The smallest absolute Gasteiger partial charge is 0.343 e.